The number of hydrogen-bond donors (Lipinski definition) is 0. The summed E-state index contributed by atoms with van der Waals surface area (Å²) in [5.41, 5.74) is 4.17. The van der Waals surface area contributed by atoms with Crippen molar-refractivity contribution < 1.29 is 4.68 Å². The third kappa shape index (κ3) is 1.74. The molecule has 0 aliphatic carbocycles. The molecule has 0 spiro atoms. The second kappa shape index (κ2) is 4.18. The quantitative estimate of drug-likeness (QED) is 0.607. The molecule has 0 amide bonds. The average Bonchev–Trinajstić information content (AvgIpc) is 2.39. The van der Waals surface area contributed by atoms with Crippen LogP contribution in [0, 0.1) is 6.92 Å². The second-order valence-electron chi connectivity index (χ2n) is 4.36. The molecule has 0 unspecified atom stereocenters. The second-order valence-corrected chi connectivity index (χ2v) is 4.36. The van der Waals surface area contributed by atoms with Gasteiger partial charge in [0.25, 0.3) is 0 Å². The first-order valence-electron chi connectivity index (χ1n) is 5.95. The Bertz CT molecular complexity index is 720. The predicted molar refractivity (Wildman–Crippen MR) is 70.9 cm³/mol. The van der Waals surface area contributed by atoms with E-state index in [2.05, 4.69) is 24.2 Å². The first kappa shape index (κ1) is 10.8. The van der Waals surface area contributed by atoms with Crippen LogP contribution < -0.4 is 4.68 Å². The molecule has 0 aliphatic rings. The molecular formula is C15H14N3+. The van der Waals surface area contributed by atoms with Crippen LogP contribution in [0.1, 0.15) is 5.56 Å². The normalized spacial score (nSPS) is 10.8. The summed E-state index contributed by atoms with van der Waals surface area (Å²) in [5.74, 6) is 0.895. The van der Waals surface area contributed by atoms with Crippen LogP contribution in [0.4, 0.5) is 0 Å². The van der Waals surface area contributed by atoms with Gasteiger partial charge in [0.2, 0.25) is 5.52 Å². The maximum absolute atomic E-state index is 4.71. The van der Waals surface area contributed by atoms with Crippen molar-refractivity contribution in [2.45, 2.75) is 6.92 Å². The Morgan fingerprint density at radius 2 is 1.56 bits per heavy atom. The van der Waals surface area contributed by atoms with Crippen LogP contribution in [0.2, 0.25) is 0 Å². The molecule has 2 aromatic carbocycles. The van der Waals surface area contributed by atoms with Crippen LogP contribution in [-0.4, -0.2) is 10.1 Å². The lowest BCUT2D eigenvalue weighted by atomic mass is 10.1. The molecule has 88 valence electrons. The highest BCUT2D eigenvalue weighted by atomic mass is 15.3. The molecule has 0 saturated carbocycles. The lowest BCUT2D eigenvalue weighted by molar-refractivity contribution is -0.720. The first-order valence-corrected chi connectivity index (χ1v) is 5.95. The Morgan fingerprint density at radius 1 is 0.889 bits per heavy atom. The van der Waals surface area contributed by atoms with Crippen molar-refractivity contribution in [2.75, 3.05) is 0 Å². The van der Waals surface area contributed by atoms with Crippen molar-refractivity contribution in [1.29, 1.82) is 0 Å². The molecule has 0 saturated heterocycles. The summed E-state index contributed by atoms with van der Waals surface area (Å²) >= 11 is 0. The predicted octanol–water partition coefficient (Wildman–Crippen LogP) is 2.43. The minimum Gasteiger partial charge on any atom is -0.133 e. The SMILES string of the molecule is Cc1ccccc1-c1nc2ccccc2n[n+]1C. The van der Waals surface area contributed by atoms with Gasteiger partial charge in [0.05, 0.1) is 5.56 Å². The maximum atomic E-state index is 4.71. The van der Waals surface area contributed by atoms with E-state index in [1.165, 1.54) is 5.56 Å². The molecule has 3 rings (SSSR count). The summed E-state index contributed by atoms with van der Waals surface area (Å²) in [4.78, 5) is 4.71. The summed E-state index contributed by atoms with van der Waals surface area (Å²) in [6, 6.07) is 16.2. The van der Waals surface area contributed by atoms with Gasteiger partial charge in [-0.3, -0.25) is 0 Å². The molecule has 0 atom stereocenters. The fourth-order valence-electron chi connectivity index (χ4n) is 2.10. The summed E-state index contributed by atoms with van der Waals surface area (Å²) in [7, 11) is 1.93. The van der Waals surface area contributed by atoms with Crippen LogP contribution in [-0.2, 0) is 7.05 Å². The van der Waals surface area contributed by atoms with E-state index in [9.17, 15) is 0 Å². The van der Waals surface area contributed by atoms with Crippen LogP contribution in [0.15, 0.2) is 48.5 Å². The number of para-hydroxylation sites is 1. The van der Waals surface area contributed by atoms with E-state index in [0.717, 1.165) is 22.4 Å². The largest absolute Gasteiger partial charge is 0.351 e. The van der Waals surface area contributed by atoms with Crippen molar-refractivity contribution in [2.24, 2.45) is 7.05 Å². The topological polar surface area (TPSA) is 29.7 Å². The third-order valence-electron chi connectivity index (χ3n) is 3.06. The fourth-order valence-corrected chi connectivity index (χ4v) is 2.10. The zero-order chi connectivity index (χ0) is 12.5. The molecule has 1 aromatic heterocycles. The molecule has 18 heavy (non-hydrogen) atoms. The van der Waals surface area contributed by atoms with E-state index < -0.39 is 0 Å². The number of aryl methyl sites for hydroxylation is 2. The monoisotopic (exact) mass is 236 g/mol. The number of aromatic nitrogens is 3. The molecule has 3 aromatic rings. The van der Waals surface area contributed by atoms with Gasteiger partial charge in [-0.15, -0.1) is 4.68 Å². The highest BCUT2D eigenvalue weighted by Crippen LogP contribution is 2.18. The van der Waals surface area contributed by atoms with Crippen molar-refractivity contribution >= 4 is 11.0 Å². The Morgan fingerprint density at radius 3 is 2.33 bits per heavy atom. The molecule has 0 bridgehead atoms. The Labute approximate surface area is 106 Å². The average molecular weight is 236 g/mol. The van der Waals surface area contributed by atoms with Gasteiger partial charge in [-0.1, -0.05) is 35.4 Å². The van der Waals surface area contributed by atoms with E-state index >= 15 is 0 Å². The Balaban J connectivity index is 2.30. The van der Waals surface area contributed by atoms with Crippen molar-refractivity contribution in [3.8, 4) is 11.4 Å². The fraction of sp³-hybridized carbons (Fsp3) is 0.133. The van der Waals surface area contributed by atoms with Gasteiger partial charge >= 0.3 is 5.82 Å². The molecule has 0 N–H and O–H groups in total. The van der Waals surface area contributed by atoms with Crippen molar-refractivity contribution in [1.82, 2.24) is 10.1 Å². The van der Waals surface area contributed by atoms with E-state index in [4.69, 9.17) is 4.98 Å². The minimum absolute atomic E-state index is 0.895. The summed E-state index contributed by atoms with van der Waals surface area (Å²) < 4.78 is 1.84. The Kier molecular flexibility index (Phi) is 2.52. The standard InChI is InChI=1S/C15H14N3/c1-11-7-3-4-8-12(11)15-16-13-9-5-6-10-14(13)17-18(15)2/h3-10H,1-2H3/q+1. The molecule has 3 heteroatoms. The van der Waals surface area contributed by atoms with E-state index in [-0.39, 0.29) is 0 Å². The minimum atomic E-state index is 0.895. The zero-order valence-electron chi connectivity index (χ0n) is 10.5. The summed E-state index contributed by atoms with van der Waals surface area (Å²) in [5, 5.41) is 4.55. The molecule has 0 aliphatic heterocycles. The number of fused-ring (bicyclic) bond motifs is 1. The number of benzene rings is 2. The highest BCUT2D eigenvalue weighted by molar-refractivity contribution is 5.74. The van der Waals surface area contributed by atoms with Gasteiger partial charge in [-0.2, -0.15) is 0 Å². The van der Waals surface area contributed by atoms with E-state index in [1.54, 1.807) is 0 Å². The lowest BCUT2D eigenvalue weighted by Gasteiger charge is -2.02. The van der Waals surface area contributed by atoms with Gasteiger partial charge in [-0.25, -0.2) is 0 Å². The molecule has 1 heterocycles. The van der Waals surface area contributed by atoms with Gasteiger partial charge < -0.3 is 0 Å². The van der Waals surface area contributed by atoms with Crippen LogP contribution in [0.3, 0.4) is 0 Å². The van der Waals surface area contributed by atoms with Crippen molar-refractivity contribution in [3.63, 3.8) is 0 Å². The summed E-state index contributed by atoms with van der Waals surface area (Å²) in [6.07, 6.45) is 0. The van der Waals surface area contributed by atoms with Gasteiger partial charge in [0, 0.05) is 0 Å². The van der Waals surface area contributed by atoms with Crippen LogP contribution in [0.25, 0.3) is 22.4 Å². The third-order valence-corrected chi connectivity index (χ3v) is 3.06. The van der Waals surface area contributed by atoms with Crippen LogP contribution >= 0.6 is 0 Å². The smallest absolute Gasteiger partial charge is 0.133 e. The molecule has 0 fully saturated rings. The maximum Gasteiger partial charge on any atom is 0.351 e. The van der Waals surface area contributed by atoms with Crippen LogP contribution in [0.5, 0.6) is 0 Å². The zero-order valence-corrected chi connectivity index (χ0v) is 10.5. The number of hydrogen-bond acceptors (Lipinski definition) is 2. The van der Waals surface area contributed by atoms with Crippen molar-refractivity contribution in [3.05, 3.63) is 54.1 Å². The van der Waals surface area contributed by atoms with Gasteiger partial charge in [0.15, 0.2) is 5.52 Å². The Hall–Kier alpha value is -2.29. The van der Waals surface area contributed by atoms with E-state index in [1.807, 2.05) is 48.1 Å². The molecule has 0 radical (unpaired) electrons. The molecule has 3 nitrogen and oxygen atoms in total. The van der Waals surface area contributed by atoms with Gasteiger partial charge in [-0.05, 0) is 35.7 Å². The van der Waals surface area contributed by atoms with E-state index in [0.29, 0.717) is 0 Å². The summed E-state index contributed by atoms with van der Waals surface area (Å²) in [6.45, 7) is 2.09. The highest BCUT2D eigenvalue weighted by Gasteiger charge is 2.17. The van der Waals surface area contributed by atoms with Gasteiger partial charge in [0.1, 0.15) is 7.05 Å². The number of rotatable bonds is 1. The number of nitrogens with zero attached hydrogens (tertiary/aromatic N) is 3. The molecular weight excluding hydrogens is 222 g/mol. The lowest BCUT2D eigenvalue weighted by Crippen LogP contribution is -2.37. The first-order chi connectivity index (χ1) is 8.75.